The van der Waals surface area contributed by atoms with Crippen LogP contribution in [0, 0.1) is 0 Å². The van der Waals surface area contributed by atoms with Crippen molar-refractivity contribution in [2.75, 3.05) is 6.61 Å². The zero-order valence-corrected chi connectivity index (χ0v) is 13.8. The first-order chi connectivity index (χ1) is 11.7. The van der Waals surface area contributed by atoms with Crippen molar-refractivity contribution in [2.45, 2.75) is 31.8 Å². The quantitative estimate of drug-likeness (QED) is 0.539. The molecule has 0 fully saturated rings. The molecular formula is C19H23N3O2. The maximum atomic E-state index is 11.4. The number of fused-ring (bicyclic) bond motifs is 1. The van der Waals surface area contributed by atoms with Crippen molar-refractivity contribution in [3.8, 4) is 0 Å². The third kappa shape index (κ3) is 3.75. The van der Waals surface area contributed by atoms with Gasteiger partial charge in [-0.1, -0.05) is 36.4 Å². The molecule has 1 heterocycles. The first-order valence-electron chi connectivity index (χ1n) is 8.31. The molecule has 0 saturated heterocycles. The number of hydrogen-bond acceptors (Lipinski definition) is 3. The van der Waals surface area contributed by atoms with Crippen LogP contribution in [-0.4, -0.2) is 21.7 Å². The standard InChI is InChI=1S/C19H23N3O2/c1-13(15-9-10-17-18(12-15)22-19(24)21-17)20-16(8-5-11-23)14-6-3-2-4-7-14/h2-4,6-7,9-10,12-13,16,20,23H,5,8,11H2,1H3,(H2,21,22,24). The maximum absolute atomic E-state index is 11.4. The average Bonchev–Trinajstić information content (AvgIpc) is 2.98. The number of aromatic amines is 2. The Morgan fingerprint density at radius 2 is 1.79 bits per heavy atom. The van der Waals surface area contributed by atoms with E-state index in [4.69, 9.17) is 5.11 Å². The lowest BCUT2D eigenvalue weighted by Gasteiger charge is -2.24. The number of aromatic nitrogens is 2. The zero-order valence-electron chi connectivity index (χ0n) is 13.8. The molecule has 4 N–H and O–H groups in total. The Balaban J connectivity index is 1.80. The van der Waals surface area contributed by atoms with Crippen LogP contribution in [0.5, 0.6) is 0 Å². The minimum atomic E-state index is -0.187. The second-order valence-corrected chi connectivity index (χ2v) is 6.10. The summed E-state index contributed by atoms with van der Waals surface area (Å²) in [6.07, 6.45) is 1.62. The van der Waals surface area contributed by atoms with Gasteiger partial charge < -0.3 is 20.4 Å². The monoisotopic (exact) mass is 325 g/mol. The van der Waals surface area contributed by atoms with Crippen molar-refractivity contribution in [1.82, 2.24) is 15.3 Å². The SMILES string of the molecule is CC(NC(CCCO)c1ccccc1)c1ccc2[nH]c(=O)[nH]c2c1. The van der Waals surface area contributed by atoms with Crippen molar-refractivity contribution in [3.63, 3.8) is 0 Å². The van der Waals surface area contributed by atoms with Gasteiger partial charge in [-0.15, -0.1) is 0 Å². The molecule has 0 aliphatic rings. The first kappa shape index (κ1) is 16.5. The Bertz CT molecular complexity index is 838. The molecular weight excluding hydrogens is 302 g/mol. The van der Waals surface area contributed by atoms with E-state index in [1.807, 2.05) is 36.4 Å². The first-order valence-corrected chi connectivity index (χ1v) is 8.31. The van der Waals surface area contributed by atoms with Gasteiger partial charge in [0.15, 0.2) is 0 Å². The molecule has 24 heavy (non-hydrogen) atoms. The highest BCUT2D eigenvalue weighted by molar-refractivity contribution is 5.75. The van der Waals surface area contributed by atoms with Gasteiger partial charge in [-0.2, -0.15) is 0 Å². The molecule has 0 spiro atoms. The highest BCUT2D eigenvalue weighted by Crippen LogP contribution is 2.24. The smallest absolute Gasteiger partial charge is 0.323 e. The molecule has 5 nitrogen and oxygen atoms in total. The van der Waals surface area contributed by atoms with Gasteiger partial charge in [0, 0.05) is 18.7 Å². The van der Waals surface area contributed by atoms with Crippen molar-refractivity contribution in [3.05, 3.63) is 70.1 Å². The number of hydrogen-bond donors (Lipinski definition) is 4. The lowest BCUT2D eigenvalue weighted by molar-refractivity contribution is 0.272. The molecule has 2 unspecified atom stereocenters. The van der Waals surface area contributed by atoms with Gasteiger partial charge in [-0.25, -0.2) is 4.79 Å². The Labute approximate surface area is 140 Å². The molecule has 0 amide bonds. The summed E-state index contributed by atoms with van der Waals surface area (Å²) in [5.74, 6) is 0. The van der Waals surface area contributed by atoms with Gasteiger partial charge in [0.05, 0.1) is 11.0 Å². The molecule has 3 aromatic rings. The van der Waals surface area contributed by atoms with E-state index >= 15 is 0 Å². The van der Waals surface area contributed by atoms with E-state index in [9.17, 15) is 4.79 Å². The summed E-state index contributed by atoms with van der Waals surface area (Å²) < 4.78 is 0. The molecule has 5 heteroatoms. The molecule has 126 valence electrons. The van der Waals surface area contributed by atoms with Gasteiger partial charge in [0.1, 0.15) is 0 Å². The number of nitrogens with one attached hydrogen (secondary N) is 3. The number of H-pyrrole nitrogens is 2. The molecule has 1 aromatic heterocycles. The average molecular weight is 325 g/mol. The second kappa shape index (κ2) is 7.47. The summed E-state index contributed by atoms with van der Waals surface area (Å²) in [6.45, 7) is 2.30. The molecule has 2 aromatic carbocycles. The number of benzene rings is 2. The van der Waals surface area contributed by atoms with Crippen LogP contribution in [0.2, 0.25) is 0 Å². The second-order valence-electron chi connectivity index (χ2n) is 6.10. The summed E-state index contributed by atoms with van der Waals surface area (Å²) in [5.41, 5.74) is 3.78. The van der Waals surface area contributed by atoms with Crippen LogP contribution in [-0.2, 0) is 0 Å². The van der Waals surface area contributed by atoms with Crippen LogP contribution >= 0.6 is 0 Å². The van der Waals surface area contributed by atoms with Crippen molar-refractivity contribution < 1.29 is 5.11 Å². The van der Waals surface area contributed by atoms with E-state index in [0.29, 0.717) is 0 Å². The van der Waals surface area contributed by atoms with E-state index < -0.39 is 0 Å². The summed E-state index contributed by atoms with van der Waals surface area (Å²) in [4.78, 5) is 17.0. The fraction of sp³-hybridized carbons (Fsp3) is 0.316. The minimum absolute atomic E-state index is 0.122. The van der Waals surface area contributed by atoms with Crippen molar-refractivity contribution in [1.29, 1.82) is 0 Å². The molecule has 0 aliphatic heterocycles. The number of aliphatic hydroxyl groups excluding tert-OH is 1. The van der Waals surface area contributed by atoms with Crippen LogP contribution in [0.1, 0.15) is 43.0 Å². The molecule has 3 rings (SSSR count). The van der Waals surface area contributed by atoms with Gasteiger partial charge >= 0.3 is 5.69 Å². The van der Waals surface area contributed by atoms with Crippen LogP contribution in [0.25, 0.3) is 11.0 Å². The Kier molecular flexibility index (Phi) is 5.13. The number of rotatable bonds is 7. The van der Waals surface area contributed by atoms with Crippen LogP contribution in [0.4, 0.5) is 0 Å². The molecule has 0 saturated carbocycles. The highest BCUT2D eigenvalue weighted by atomic mass is 16.2. The fourth-order valence-electron chi connectivity index (χ4n) is 3.04. The summed E-state index contributed by atoms with van der Waals surface area (Å²) in [7, 11) is 0. The molecule has 0 bridgehead atoms. The van der Waals surface area contributed by atoms with Gasteiger partial charge in [-0.05, 0) is 43.0 Å². The van der Waals surface area contributed by atoms with Crippen molar-refractivity contribution >= 4 is 11.0 Å². The van der Waals surface area contributed by atoms with Gasteiger partial charge in [0.2, 0.25) is 0 Å². The lowest BCUT2D eigenvalue weighted by atomic mass is 9.99. The van der Waals surface area contributed by atoms with E-state index in [1.54, 1.807) is 0 Å². The predicted molar refractivity (Wildman–Crippen MR) is 96.0 cm³/mol. The van der Waals surface area contributed by atoms with Crippen LogP contribution in [0.15, 0.2) is 53.3 Å². The van der Waals surface area contributed by atoms with E-state index in [-0.39, 0.29) is 24.4 Å². The summed E-state index contributed by atoms with van der Waals surface area (Å²) >= 11 is 0. The van der Waals surface area contributed by atoms with E-state index in [2.05, 4.69) is 34.3 Å². The normalized spacial score (nSPS) is 13.9. The Hall–Kier alpha value is -2.37. The number of aliphatic hydroxyl groups is 1. The van der Waals surface area contributed by atoms with Crippen molar-refractivity contribution in [2.24, 2.45) is 0 Å². The largest absolute Gasteiger partial charge is 0.396 e. The summed E-state index contributed by atoms with van der Waals surface area (Å²) in [6, 6.07) is 16.5. The van der Waals surface area contributed by atoms with Gasteiger partial charge in [0.25, 0.3) is 0 Å². The third-order valence-electron chi connectivity index (χ3n) is 4.34. The fourth-order valence-corrected chi connectivity index (χ4v) is 3.04. The predicted octanol–water partition coefficient (Wildman–Crippen LogP) is 3.02. The Morgan fingerprint density at radius 3 is 2.54 bits per heavy atom. The molecule has 2 atom stereocenters. The maximum Gasteiger partial charge on any atom is 0.323 e. The summed E-state index contributed by atoms with van der Waals surface area (Å²) in [5, 5.41) is 12.8. The van der Waals surface area contributed by atoms with Crippen LogP contribution < -0.4 is 11.0 Å². The third-order valence-corrected chi connectivity index (χ3v) is 4.34. The molecule has 0 radical (unpaired) electrons. The minimum Gasteiger partial charge on any atom is -0.396 e. The van der Waals surface area contributed by atoms with E-state index in [1.165, 1.54) is 5.56 Å². The van der Waals surface area contributed by atoms with Gasteiger partial charge in [-0.3, -0.25) is 0 Å². The molecule has 0 aliphatic carbocycles. The zero-order chi connectivity index (χ0) is 16.9. The lowest BCUT2D eigenvalue weighted by Crippen LogP contribution is -2.25. The number of imidazole rings is 1. The topological polar surface area (TPSA) is 80.9 Å². The Morgan fingerprint density at radius 1 is 1.04 bits per heavy atom. The highest BCUT2D eigenvalue weighted by Gasteiger charge is 2.15. The van der Waals surface area contributed by atoms with E-state index in [0.717, 1.165) is 29.4 Å². The van der Waals surface area contributed by atoms with Crippen LogP contribution in [0.3, 0.4) is 0 Å².